The molecule has 0 radical (unpaired) electrons. The van der Waals surface area contributed by atoms with Crippen molar-refractivity contribution in [3.05, 3.63) is 70.7 Å². The van der Waals surface area contributed by atoms with E-state index in [2.05, 4.69) is 10.9 Å². The molecule has 6 heteroatoms. The van der Waals surface area contributed by atoms with E-state index in [0.717, 1.165) is 11.1 Å². The summed E-state index contributed by atoms with van der Waals surface area (Å²) in [6, 6.07) is 16.5. The van der Waals surface area contributed by atoms with Gasteiger partial charge in [0.15, 0.2) is 0 Å². The summed E-state index contributed by atoms with van der Waals surface area (Å²) in [5, 5.41) is 0.609. The molecule has 0 atom stereocenters. The van der Waals surface area contributed by atoms with Gasteiger partial charge in [0.1, 0.15) is 6.61 Å². The summed E-state index contributed by atoms with van der Waals surface area (Å²) in [6.45, 7) is 0.211. The molecular weight excluding hydrogens is 316 g/mol. The SMILES string of the molecule is O=C(COCc1ccccc1)NNC(=O)Cc1ccc(Cl)cc1. The maximum Gasteiger partial charge on any atom is 0.264 e. The molecule has 0 saturated heterocycles. The summed E-state index contributed by atoms with van der Waals surface area (Å²) >= 11 is 5.77. The molecule has 2 rings (SSSR count). The zero-order valence-electron chi connectivity index (χ0n) is 12.4. The van der Waals surface area contributed by atoms with Crippen molar-refractivity contribution in [1.82, 2.24) is 10.9 Å². The zero-order chi connectivity index (χ0) is 16.5. The van der Waals surface area contributed by atoms with E-state index in [1.165, 1.54) is 0 Å². The third kappa shape index (κ3) is 6.50. The summed E-state index contributed by atoms with van der Waals surface area (Å²) < 4.78 is 5.27. The molecule has 0 aliphatic carbocycles. The number of halogens is 1. The highest BCUT2D eigenvalue weighted by atomic mass is 35.5. The summed E-state index contributed by atoms with van der Waals surface area (Å²) in [5.41, 5.74) is 6.44. The van der Waals surface area contributed by atoms with Gasteiger partial charge in [0.25, 0.3) is 5.91 Å². The van der Waals surface area contributed by atoms with Crippen LogP contribution < -0.4 is 10.9 Å². The van der Waals surface area contributed by atoms with E-state index in [1.807, 2.05) is 30.3 Å². The zero-order valence-corrected chi connectivity index (χ0v) is 13.2. The second-order valence-electron chi connectivity index (χ2n) is 4.88. The van der Waals surface area contributed by atoms with Crippen LogP contribution in [0.3, 0.4) is 0 Å². The van der Waals surface area contributed by atoms with Crippen molar-refractivity contribution in [2.75, 3.05) is 6.61 Å². The Kier molecular flexibility index (Phi) is 6.59. The van der Waals surface area contributed by atoms with E-state index in [1.54, 1.807) is 24.3 Å². The minimum Gasteiger partial charge on any atom is -0.367 e. The predicted octanol–water partition coefficient (Wildman–Crippen LogP) is 2.25. The first-order valence-corrected chi connectivity index (χ1v) is 7.45. The number of hydrazine groups is 1. The number of rotatable bonds is 6. The lowest BCUT2D eigenvalue weighted by molar-refractivity contribution is -0.131. The van der Waals surface area contributed by atoms with E-state index in [-0.39, 0.29) is 18.9 Å². The van der Waals surface area contributed by atoms with Gasteiger partial charge in [-0.2, -0.15) is 0 Å². The third-order valence-corrected chi connectivity index (χ3v) is 3.22. The molecule has 5 nitrogen and oxygen atoms in total. The minimum atomic E-state index is -0.412. The van der Waals surface area contributed by atoms with Gasteiger partial charge in [0.05, 0.1) is 13.0 Å². The lowest BCUT2D eigenvalue weighted by Gasteiger charge is -2.08. The average molecular weight is 333 g/mol. The number of nitrogens with one attached hydrogen (secondary N) is 2. The molecule has 2 N–H and O–H groups in total. The first kappa shape index (κ1) is 17.0. The van der Waals surface area contributed by atoms with E-state index in [0.29, 0.717) is 11.6 Å². The number of carbonyl (C=O) groups is 2. The van der Waals surface area contributed by atoms with Crippen molar-refractivity contribution in [2.24, 2.45) is 0 Å². The van der Waals surface area contributed by atoms with Crippen LogP contribution in [0, 0.1) is 0 Å². The Hall–Kier alpha value is -2.37. The number of carbonyl (C=O) groups excluding carboxylic acids is 2. The van der Waals surface area contributed by atoms with Crippen molar-refractivity contribution in [2.45, 2.75) is 13.0 Å². The molecule has 2 aromatic rings. The van der Waals surface area contributed by atoms with Gasteiger partial charge in [-0.15, -0.1) is 0 Å². The molecule has 0 spiro atoms. The number of benzene rings is 2. The Labute approximate surface area is 139 Å². The van der Waals surface area contributed by atoms with Crippen molar-refractivity contribution in [3.63, 3.8) is 0 Å². The van der Waals surface area contributed by atoms with Crippen molar-refractivity contribution in [3.8, 4) is 0 Å². The smallest absolute Gasteiger partial charge is 0.264 e. The van der Waals surface area contributed by atoms with Gasteiger partial charge in [-0.25, -0.2) is 0 Å². The number of ether oxygens (including phenoxy) is 1. The van der Waals surface area contributed by atoms with Gasteiger partial charge in [-0.3, -0.25) is 20.4 Å². The van der Waals surface area contributed by atoms with Gasteiger partial charge in [0, 0.05) is 5.02 Å². The van der Waals surface area contributed by atoms with Crippen LogP contribution in [0.15, 0.2) is 54.6 Å². The number of hydrogen-bond donors (Lipinski definition) is 2. The topological polar surface area (TPSA) is 67.4 Å². The fourth-order valence-corrected chi connectivity index (χ4v) is 1.97. The summed E-state index contributed by atoms with van der Waals surface area (Å²) in [4.78, 5) is 23.3. The van der Waals surface area contributed by atoms with Crippen molar-refractivity contribution >= 4 is 23.4 Å². The van der Waals surface area contributed by atoms with Crippen LogP contribution in [-0.4, -0.2) is 18.4 Å². The fourth-order valence-electron chi connectivity index (χ4n) is 1.84. The largest absolute Gasteiger partial charge is 0.367 e. The molecule has 120 valence electrons. The second kappa shape index (κ2) is 8.92. The molecule has 0 saturated carbocycles. The van der Waals surface area contributed by atoms with Crippen LogP contribution in [0.2, 0.25) is 5.02 Å². The summed E-state index contributed by atoms with van der Waals surface area (Å²) in [7, 11) is 0. The Balaban J connectivity index is 1.63. The Morgan fingerprint density at radius 2 is 1.52 bits per heavy atom. The van der Waals surface area contributed by atoms with E-state index in [4.69, 9.17) is 16.3 Å². The normalized spacial score (nSPS) is 10.1. The third-order valence-electron chi connectivity index (χ3n) is 2.96. The minimum absolute atomic E-state index is 0.129. The van der Waals surface area contributed by atoms with E-state index < -0.39 is 5.91 Å². The van der Waals surface area contributed by atoms with Crippen molar-refractivity contribution < 1.29 is 14.3 Å². The molecular formula is C17H17ClN2O3. The lowest BCUT2D eigenvalue weighted by atomic mass is 10.1. The van der Waals surface area contributed by atoms with E-state index >= 15 is 0 Å². The number of hydrogen-bond acceptors (Lipinski definition) is 3. The van der Waals surface area contributed by atoms with Gasteiger partial charge in [-0.1, -0.05) is 54.1 Å². The van der Waals surface area contributed by atoms with Crippen molar-refractivity contribution in [1.29, 1.82) is 0 Å². The lowest BCUT2D eigenvalue weighted by Crippen LogP contribution is -2.44. The van der Waals surface area contributed by atoms with Crippen LogP contribution in [0.1, 0.15) is 11.1 Å². The molecule has 0 aliphatic heterocycles. The maximum atomic E-state index is 11.7. The highest BCUT2D eigenvalue weighted by molar-refractivity contribution is 6.30. The average Bonchev–Trinajstić information content (AvgIpc) is 2.56. The fraction of sp³-hybridized carbons (Fsp3) is 0.176. The Morgan fingerprint density at radius 1 is 0.870 bits per heavy atom. The van der Waals surface area contributed by atoms with Crippen LogP contribution in [0.25, 0.3) is 0 Å². The van der Waals surface area contributed by atoms with Gasteiger partial charge in [-0.05, 0) is 23.3 Å². The molecule has 23 heavy (non-hydrogen) atoms. The van der Waals surface area contributed by atoms with Crippen LogP contribution >= 0.6 is 11.6 Å². The highest BCUT2D eigenvalue weighted by Gasteiger charge is 2.06. The molecule has 0 bridgehead atoms. The maximum absolute atomic E-state index is 11.7. The quantitative estimate of drug-likeness (QED) is 0.797. The van der Waals surface area contributed by atoms with Gasteiger partial charge in [0.2, 0.25) is 5.91 Å². The second-order valence-corrected chi connectivity index (χ2v) is 5.31. The van der Waals surface area contributed by atoms with Crippen LogP contribution in [0.5, 0.6) is 0 Å². The molecule has 2 amide bonds. The van der Waals surface area contributed by atoms with Gasteiger partial charge >= 0.3 is 0 Å². The molecule has 0 aliphatic rings. The van der Waals surface area contributed by atoms with E-state index in [9.17, 15) is 9.59 Å². The summed E-state index contributed by atoms with van der Waals surface area (Å²) in [5.74, 6) is -0.728. The molecule has 0 heterocycles. The highest BCUT2D eigenvalue weighted by Crippen LogP contribution is 2.09. The summed E-state index contributed by atoms with van der Waals surface area (Å²) in [6.07, 6.45) is 0.155. The first-order valence-electron chi connectivity index (χ1n) is 7.07. The Bertz CT molecular complexity index is 645. The monoisotopic (exact) mass is 332 g/mol. The predicted molar refractivity (Wildman–Crippen MR) is 87.5 cm³/mol. The van der Waals surface area contributed by atoms with Crippen LogP contribution in [-0.2, 0) is 27.4 Å². The molecule has 2 aromatic carbocycles. The Morgan fingerprint density at radius 3 is 2.22 bits per heavy atom. The first-order chi connectivity index (χ1) is 11.1. The molecule has 0 unspecified atom stereocenters. The van der Waals surface area contributed by atoms with Crippen LogP contribution in [0.4, 0.5) is 0 Å². The molecule has 0 aromatic heterocycles. The van der Waals surface area contributed by atoms with Gasteiger partial charge < -0.3 is 4.74 Å². The molecule has 0 fully saturated rings. The number of amides is 2. The standard InChI is InChI=1S/C17H17ClN2O3/c18-15-8-6-13(7-9-15)10-16(21)19-20-17(22)12-23-11-14-4-2-1-3-5-14/h1-9H,10-12H2,(H,19,21)(H,20,22).